The summed E-state index contributed by atoms with van der Waals surface area (Å²) in [6.45, 7) is 3.74. The van der Waals surface area contributed by atoms with Crippen molar-refractivity contribution in [2.75, 3.05) is 7.05 Å². The Morgan fingerprint density at radius 1 is 1.50 bits per heavy atom. The van der Waals surface area contributed by atoms with E-state index >= 15 is 0 Å². The summed E-state index contributed by atoms with van der Waals surface area (Å²) in [5, 5.41) is 0. The number of hydrogen-bond donors (Lipinski definition) is 0. The third-order valence-electron chi connectivity index (χ3n) is 2.25. The first-order valence-corrected chi connectivity index (χ1v) is 4.54. The molecule has 0 N–H and O–H groups in total. The molecule has 1 aliphatic rings. The van der Waals surface area contributed by atoms with Crippen LogP contribution in [0, 0.1) is 0 Å². The van der Waals surface area contributed by atoms with Crippen LogP contribution in [0.2, 0.25) is 0 Å². The van der Waals surface area contributed by atoms with Crippen molar-refractivity contribution >= 4 is 6.09 Å². The minimum absolute atomic E-state index is 0.0139. The van der Waals surface area contributed by atoms with E-state index in [1.165, 1.54) is 6.42 Å². The molecule has 0 aromatic rings. The average molecular weight is 171 g/mol. The minimum atomic E-state index is -0.185. The van der Waals surface area contributed by atoms with Crippen molar-refractivity contribution in [2.24, 2.45) is 0 Å². The molecular formula is C9H17NO2. The molecule has 0 heterocycles. The minimum Gasteiger partial charge on any atom is -0.447 e. The van der Waals surface area contributed by atoms with Gasteiger partial charge in [-0.2, -0.15) is 0 Å². The lowest BCUT2D eigenvalue weighted by Gasteiger charge is -2.34. The van der Waals surface area contributed by atoms with Crippen LogP contribution in [0.25, 0.3) is 0 Å². The van der Waals surface area contributed by atoms with Crippen molar-refractivity contribution in [1.82, 2.24) is 4.90 Å². The number of amides is 1. The molecule has 0 aliphatic heterocycles. The molecule has 12 heavy (non-hydrogen) atoms. The van der Waals surface area contributed by atoms with E-state index in [0.29, 0.717) is 6.04 Å². The van der Waals surface area contributed by atoms with Gasteiger partial charge in [0, 0.05) is 13.1 Å². The topological polar surface area (TPSA) is 29.5 Å². The van der Waals surface area contributed by atoms with Crippen LogP contribution in [0.4, 0.5) is 4.79 Å². The van der Waals surface area contributed by atoms with E-state index < -0.39 is 0 Å². The van der Waals surface area contributed by atoms with Gasteiger partial charge in [-0.1, -0.05) is 0 Å². The Hall–Kier alpha value is -0.730. The number of carbonyl (C=O) groups is 1. The molecule has 0 unspecified atom stereocenters. The maximum Gasteiger partial charge on any atom is 0.410 e. The van der Waals surface area contributed by atoms with Gasteiger partial charge < -0.3 is 9.64 Å². The Kier molecular flexibility index (Phi) is 2.95. The zero-order chi connectivity index (χ0) is 9.14. The van der Waals surface area contributed by atoms with E-state index in [1.807, 2.05) is 20.9 Å². The van der Waals surface area contributed by atoms with E-state index in [9.17, 15) is 4.79 Å². The highest BCUT2D eigenvalue weighted by molar-refractivity contribution is 5.67. The van der Waals surface area contributed by atoms with Gasteiger partial charge in [0.15, 0.2) is 0 Å². The molecule has 0 saturated heterocycles. The Bertz CT molecular complexity index is 164. The summed E-state index contributed by atoms with van der Waals surface area (Å²) in [6, 6.07) is 0.427. The van der Waals surface area contributed by atoms with Crippen molar-refractivity contribution in [3.8, 4) is 0 Å². The van der Waals surface area contributed by atoms with Gasteiger partial charge in [0.25, 0.3) is 0 Å². The molecular weight excluding hydrogens is 154 g/mol. The van der Waals surface area contributed by atoms with Gasteiger partial charge in [-0.15, -0.1) is 0 Å². The van der Waals surface area contributed by atoms with Crippen molar-refractivity contribution in [1.29, 1.82) is 0 Å². The summed E-state index contributed by atoms with van der Waals surface area (Å²) in [5.41, 5.74) is 0. The summed E-state index contributed by atoms with van der Waals surface area (Å²) < 4.78 is 5.06. The molecule has 0 spiro atoms. The lowest BCUT2D eigenvalue weighted by Crippen LogP contribution is -2.42. The predicted octanol–water partition coefficient (Wildman–Crippen LogP) is 2.02. The fraction of sp³-hybridized carbons (Fsp3) is 0.889. The quantitative estimate of drug-likeness (QED) is 0.636. The van der Waals surface area contributed by atoms with Gasteiger partial charge in [0.1, 0.15) is 0 Å². The van der Waals surface area contributed by atoms with Crippen LogP contribution >= 0.6 is 0 Å². The van der Waals surface area contributed by atoms with Gasteiger partial charge in [-0.3, -0.25) is 0 Å². The van der Waals surface area contributed by atoms with Crippen LogP contribution in [0.3, 0.4) is 0 Å². The first-order valence-electron chi connectivity index (χ1n) is 4.54. The highest BCUT2D eigenvalue weighted by Crippen LogP contribution is 2.23. The lowest BCUT2D eigenvalue weighted by molar-refractivity contribution is 0.0591. The SMILES string of the molecule is CC(C)OC(=O)N(C)C1CCC1. The molecule has 1 aliphatic carbocycles. The van der Waals surface area contributed by atoms with Crippen LogP contribution in [-0.4, -0.2) is 30.2 Å². The highest BCUT2D eigenvalue weighted by Gasteiger charge is 2.26. The van der Waals surface area contributed by atoms with Gasteiger partial charge in [0.2, 0.25) is 0 Å². The zero-order valence-corrected chi connectivity index (χ0v) is 8.04. The van der Waals surface area contributed by atoms with Crippen LogP contribution in [-0.2, 0) is 4.74 Å². The molecule has 0 aromatic carbocycles. The van der Waals surface area contributed by atoms with E-state index in [1.54, 1.807) is 4.90 Å². The predicted molar refractivity (Wildman–Crippen MR) is 47.0 cm³/mol. The molecule has 0 aromatic heterocycles. The molecule has 3 nitrogen and oxygen atoms in total. The molecule has 0 radical (unpaired) electrons. The summed E-state index contributed by atoms with van der Waals surface area (Å²) in [4.78, 5) is 13.0. The Labute approximate surface area is 73.7 Å². The monoisotopic (exact) mass is 171 g/mol. The fourth-order valence-corrected chi connectivity index (χ4v) is 1.21. The molecule has 0 atom stereocenters. The maximum atomic E-state index is 11.3. The highest BCUT2D eigenvalue weighted by atomic mass is 16.6. The van der Waals surface area contributed by atoms with Gasteiger partial charge in [0.05, 0.1) is 6.10 Å². The average Bonchev–Trinajstić information content (AvgIpc) is 1.81. The Morgan fingerprint density at radius 3 is 2.42 bits per heavy atom. The largest absolute Gasteiger partial charge is 0.447 e. The maximum absolute atomic E-state index is 11.3. The van der Waals surface area contributed by atoms with E-state index in [2.05, 4.69) is 0 Å². The van der Waals surface area contributed by atoms with Gasteiger partial charge in [-0.05, 0) is 33.1 Å². The number of rotatable bonds is 2. The number of nitrogens with zero attached hydrogens (tertiary/aromatic N) is 1. The van der Waals surface area contributed by atoms with Crippen molar-refractivity contribution < 1.29 is 9.53 Å². The van der Waals surface area contributed by atoms with Crippen molar-refractivity contribution in [3.05, 3.63) is 0 Å². The third kappa shape index (κ3) is 2.13. The molecule has 0 bridgehead atoms. The lowest BCUT2D eigenvalue weighted by atomic mass is 9.92. The summed E-state index contributed by atoms with van der Waals surface area (Å²) in [5.74, 6) is 0. The second kappa shape index (κ2) is 3.78. The molecule has 1 fully saturated rings. The first-order chi connectivity index (χ1) is 5.61. The summed E-state index contributed by atoms with van der Waals surface area (Å²) in [6.07, 6.45) is 3.30. The Balaban J connectivity index is 2.30. The van der Waals surface area contributed by atoms with Crippen LogP contribution in [0.1, 0.15) is 33.1 Å². The fourth-order valence-electron chi connectivity index (χ4n) is 1.21. The van der Waals surface area contributed by atoms with Crippen LogP contribution in [0.15, 0.2) is 0 Å². The normalized spacial score (nSPS) is 17.3. The summed E-state index contributed by atoms with van der Waals surface area (Å²) in [7, 11) is 1.81. The molecule has 3 heteroatoms. The second-order valence-electron chi connectivity index (χ2n) is 3.63. The molecule has 1 rings (SSSR count). The third-order valence-corrected chi connectivity index (χ3v) is 2.25. The Morgan fingerprint density at radius 2 is 2.08 bits per heavy atom. The molecule has 1 saturated carbocycles. The molecule has 1 amide bonds. The van der Waals surface area contributed by atoms with Crippen molar-refractivity contribution in [2.45, 2.75) is 45.3 Å². The number of hydrogen-bond acceptors (Lipinski definition) is 2. The number of carbonyl (C=O) groups excluding carboxylic acids is 1. The summed E-state index contributed by atoms with van der Waals surface area (Å²) >= 11 is 0. The molecule has 70 valence electrons. The van der Waals surface area contributed by atoms with Gasteiger partial charge in [-0.25, -0.2) is 4.79 Å². The number of ether oxygens (including phenoxy) is 1. The zero-order valence-electron chi connectivity index (χ0n) is 8.04. The van der Waals surface area contributed by atoms with E-state index in [0.717, 1.165) is 12.8 Å². The van der Waals surface area contributed by atoms with Crippen LogP contribution in [0.5, 0.6) is 0 Å². The van der Waals surface area contributed by atoms with Crippen molar-refractivity contribution in [3.63, 3.8) is 0 Å². The second-order valence-corrected chi connectivity index (χ2v) is 3.63. The van der Waals surface area contributed by atoms with E-state index in [4.69, 9.17) is 4.74 Å². The van der Waals surface area contributed by atoms with Gasteiger partial charge >= 0.3 is 6.09 Å². The van der Waals surface area contributed by atoms with Crippen LogP contribution < -0.4 is 0 Å². The first kappa shape index (κ1) is 9.36. The van der Waals surface area contributed by atoms with E-state index in [-0.39, 0.29) is 12.2 Å². The standard InChI is InChI=1S/C9H17NO2/c1-7(2)12-9(11)10(3)8-5-4-6-8/h7-8H,4-6H2,1-3H3. The smallest absolute Gasteiger partial charge is 0.410 e.